The third kappa shape index (κ3) is 8.16. The molecule has 0 spiro atoms. The van der Waals surface area contributed by atoms with Crippen LogP contribution in [-0.2, 0) is 6.54 Å². The number of aliphatic imine (C=N–C) groups is 3. The van der Waals surface area contributed by atoms with Crippen LogP contribution in [0.2, 0.25) is 0 Å². The fraction of sp³-hybridized carbons (Fsp3) is 0.0156. The molecule has 11 rings (SSSR count). The first kappa shape index (κ1) is 41.7. The van der Waals surface area contributed by atoms with Gasteiger partial charge in [0.15, 0.2) is 11.7 Å². The molecule has 4 heteroatoms. The fourth-order valence-corrected chi connectivity index (χ4v) is 9.50. The topological polar surface area (TPSA) is 42.0 Å². The molecular weight excluding hydrogens is 825 g/mol. The van der Waals surface area contributed by atoms with Gasteiger partial charge in [0.25, 0.3) is 0 Å². The second-order valence-corrected chi connectivity index (χ2v) is 16.8. The van der Waals surface area contributed by atoms with Crippen LogP contribution in [0.15, 0.2) is 258 Å². The Kier molecular flexibility index (Phi) is 11.6. The van der Waals surface area contributed by atoms with Gasteiger partial charge in [-0.3, -0.25) is 4.99 Å². The third-order valence-corrected chi connectivity index (χ3v) is 12.6. The molecule has 4 nitrogen and oxygen atoms in total. The van der Waals surface area contributed by atoms with E-state index >= 15 is 0 Å². The molecule has 0 atom stereocenters. The summed E-state index contributed by atoms with van der Waals surface area (Å²) in [4.78, 5) is 15.7. The molecule has 1 aromatic heterocycles. The van der Waals surface area contributed by atoms with E-state index in [4.69, 9.17) is 9.98 Å². The van der Waals surface area contributed by atoms with Gasteiger partial charge in [-0.2, -0.15) is 0 Å². The lowest BCUT2D eigenvalue weighted by Crippen LogP contribution is -2.08. The Hall–Kier alpha value is -8.99. The standard InChI is InChI=1S/C64H46N4/c1-65-63(50-31-23-30-49(41-50)47-27-12-9-13-28-47)67-64(66-44-45-24-22-29-48(40-45)46-25-10-8-11-26-46)59-43-51(42-58-54-34-17-16-32-52(54)53-33-18-19-37-57(53)62(58)59)68-60-38-15-7-5-3-2-4-6-14-35-55(60)56-36-20-21-39-61(56)68/h2-43H,1,44H2/b3-2-,4-2?,5-3?,6-4+,7-5-,14-6?,15-7?,35-14+,38-15?,55-35?,60-38?,66-64?,67-63?. The summed E-state index contributed by atoms with van der Waals surface area (Å²) >= 11 is 0. The Labute approximate surface area is 396 Å². The van der Waals surface area contributed by atoms with Gasteiger partial charge >= 0.3 is 0 Å². The Morgan fingerprint density at radius 3 is 1.66 bits per heavy atom. The number of rotatable bonds is 7. The second-order valence-electron chi connectivity index (χ2n) is 16.8. The van der Waals surface area contributed by atoms with Gasteiger partial charge in [0, 0.05) is 33.2 Å². The van der Waals surface area contributed by atoms with Gasteiger partial charge in [-0.1, -0.05) is 218 Å². The SMILES string of the molecule is C=NC(=NC(=NCc1cccc(-c2ccccc2)c1)c1cc(-n2c3c(c4ccccc42)/C=C/C=C/C=C\C=C/C=C3)cc2c3ccccc3c3ccccc3c12)c1cccc(-c2ccccc2)c1. The first-order chi connectivity index (χ1) is 33.7. The van der Waals surface area contributed by atoms with Gasteiger partial charge in [0.05, 0.1) is 17.8 Å². The summed E-state index contributed by atoms with van der Waals surface area (Å²) in [5, 5.41) is 7.95. The summed E-state index contributed by atoms with van der Waals surface area (Å²) in [6, 6.07) is 68.6. The maximum Gasteiger partial charge on any atom is 0.161 e. The molecule has 322 valence electrons. The van der Waals surface area contributed by atoms with Gasteiger partial charge in [-0.05, 0) is 97.9 Å². The molecule has 0 unspecified atom stereocenters. The highest BCUT2D eigenvalue weighted by atomic mass is 15.0. The van der Waals surface area contributed by atoms with Crippen LogP contribution in [-0.4, -0.2) is 23.0 Å². The Bertz CT molecular complexity index is 3760. The van der Waals surface area contributed by atoms with E-state index in [2.05, 4.69) is 247 Å². The summed E-state index contributed by atoms with van der Waals surface area (Å²) in [5.74, 6) is 1.05. The van der Waals surface area contributed by atoms with Gasteiger partial charge in [0.1, 0.15) is 0 Å². The Morgan fingerprint density at radius 1 is 0.426 bits per heavy atom. The van der Waals surface area contributed by atoms with E-state index in [-0.39, 0.29) is 0 Å². The fourth-order valence-electron chi connectivity index (χ4n) is 9.50. The molecule has 0 fully saturated rings. The first-order valence-corrected chi connectivity index (χ1v) is 23.0. The number of nitrogens with zero attached hydrogens (tertiary/aromatic N) is 4. The predicted octanol–water partition coefficient (Wildman–Crippen LogP) is 16.2. The van der Waals surface area contributed by atoms with Crippen LogP contribution in [0.4, 0.5) is 0 Å². The second kappa shape index (κ2) is 18.9. The molecule has 1 aliphatic rings. The Balaban J connectivity index is 1.22. The monoisotopic (exact) mass is 870 g/mol. The van der Waals surface area contributed by atoms with E-state index in [9.17, 15) is 0 Å². The summed E-state index contributed by atoms with van der Waals surface area (Å²) in [6.45, 7) is 4.50. The molecule has 1 heterocycles. The van der Waals surface area contributed by atoms with Crippen molar-refractivity contribution in [3.63, 3.8) is 0 Å². The molecule has 1 aliphatic carbocycles. The van der Waals surface area contributed by atoms with E-state index in [1.165, 1.54) is 10.8 Å². The number of amidine groups is 2. The van der Waals surface area contributed by atoms with E-state index in [0.717, 1.165) is 88.3 Å². The van der Waals surface area contributed by atoms with Gasteiger partial charge in [-0.25, -0.2) is 9.98 Å². The molecule has 0 aliphatic heterocycles. The van der Waals surface area contributed by atoms with Crippen molar-refractivity contribution in [2.45, 2.75) is 6.54 Å². The van der Waals surface area contributed by atoms with Crippen molar-refractivity contribution in [1.29, 1.82) is 0 Å². The van der Waals surface area contributed by atoms with E-state index in [0.29, 0.717) is 18.2 Å². The zero-order valence-corrected chi connectivity index (χ0v) is 37.5. The highest BCUT2D eigenvalue weighted by molar-refractivity contribution is 6.31. The van der Waals surface area contributed by atoms with Crippen LogP contribution in [0, 0.1) is 0 Å². The minimum absolute atomic E-state index is 0.384. The highest BCUT2D eigenvalue weighted by Crippen LogP contribution is 2.41. The smallest absolute Gasteiger partial charge is 0.161 e. The van der Waals surface area contributed by atoms with Crippen molar-refractivity contribution in [3.05, 3.63) is 271 Å². The number of fused-ring (bicyclic) bond motifs is 9. The van der Waals surface area contributed by atoms with Gasteiger partial charge in [0.2, 0.25) is 0 Å². The number of hydrogen-bond acceptors (Lipinski definition) is 1. The van der Waals surface area contributed by atoms with Gasteiger partial charge in [-0.15, -0.1) is 0 Å². The van der Waals surface area contributed by atoms with E-state index in [1.807, 2.05) is 24.3 Å². The normalized spacial score (nSPS) is 14.9. The lowest BCUT2D eigenvalue weighted by Gasteiger charge is -2.18. The summed E-state index contributed by atoms with van der Waals surface area (Å²) in [7, 11) is 0. The number of para-hydroxylation sites is 1. The molecule has 0 N–H and O–H groups in total. The molecule has 0 radical (unpaired) electrons. The average Bonchev–Trinajstić information content (AvgIpc) is 3.71. The molecule has 10 aromatic rings. The predicted molar refractivity (Wildman–Crippen MR) is 291 cm³/mol. The minimum Gasteiger partial charge on any atom is -0.309 e. The minimum atomic E-state index is 0.384. The van der Waals surface area contributed by atoms with Crippen molar-refractivity contribution < 1.29 is 0 Å². The summed E-state index contributed by atoms with van der Waals surface area (Å²) in [5.41, 5.74) is 11.6. The number of hydrogen-bond donors (Lipinski definition) is 0. The van der Waals surface area contributed by atoms with Crippen LogP contribution < -0.4 is 0 Å². The van der Waals surface area contributed by atoms with Crippen LogP contribution >= 0.6 is 0 Å². The molecule has 0 amide bonds. The summed E-state index contributed by atoms with van der Waals surface area (Å²) in [6.07, 6.45) is 21.0. The van der Waals surface area contributed by atoms with E-state index in [1.54, 1.807) is 0 Å². The molecule has 9 aromatic carbocycles. The first-order valence-electron chi connectivity index (χ1n) is 23.0. The van der Waals surface area contributed by atoms with Crippen molar-refractivity contribution in [3.8, 4) is 27.9 Å². The van der Waals surface area contributed by atoms with Crippen LogP contribution in [0.25, 0.3) is 83.3 Å². The molecular formula is C64H46N4. The lowest BCUT2D eigenvalue weighted by atomic mass is 9.90. The maximum atomic E-state index is 5.56. The van der Waals surface area contributed by atoms with Crippen LogP contribution in [0.3, 0.4) is 0 Å². The van der Waals surface area contributed by atoms with Crippen molar-refractivity contribution >= 4 is 73.8 Å². The van der Waals surface area contributed by atoms with Crippen molar-refractivity contribution in [2.24, 2.45) is 15.0 Å². The summed E-state index contributed by atoms with van der Waals surface area (Å²) < 4.78 is 2.39. The van der Waals surface area contributed by atoms with Crippen molar-refractivity contribution in [2.75, 3.05) is 0 Å². The Morgan fingerprint density at radius 2 is 0.971 bits per heavy atom. The molecule has 0 saturated heterocycles. The zero-order valence-electron chi connectivity index (χ0n) is 37.5. The van der Waals surface area contributed by atoms with Crippen molar-refractivity contribution in [1.82, 2.24) is 4.57 Å². The average molecular weight is 871 g/mol. The zero-order chi connectivity index (χ0) is 45.7. The van der Waals surface area contributed by atoms with Gasteiger partial charge < -0.3 is 4.57 Å². The van der Waals surface area contributed by atoms with E-state index < -0.39 is 0 Å². The highest BCUT2D eigenvalue weighted by Gasteiger charge is 2.22. The third-order valence-electron chi connectivity index (χ3n) is 12.6. The number of allylic oxidation sites excluding steroid dienone is 8. The number of benzene rings is 9. The largest absolute Gasteiger partial charge is 0.309 e. The maximum absolute atomic E-state index is 5.56. The molecule has 0 bridgehead atoms. The number of aromatic nitrogens is 1. The van der Waals surface area contributed by atoms with Crippen LogP contribution in [0.5, 0.6) is 0 Å². The molecule has 68 heavy (non-hydrogen) atoms. The molecule has 0 saturated carbocycles. The quantitative estimate of drug-likeness (QED) is 0.0870. The van der Waals surface area contributed by atoms with Crippen LogP contribution in [0.1, 0.15) is 27.9 Å². The lowest BCUT2D eigenvalue weighted by molar-refractivity contribution is 1.06.